The Bertz CT molecular complexity index is 479. The fourth-order valence-electron chi connectivity index (χ4n) is 2.54. The van der Waals surface area contributed by atoms with Crippen LogP contribution in [-0.2, 0) is 0 Å². The van der Waals surface area contributed by atoms with Crippen LogP contribution in [0.4, 0.5) is 10.1 Å². The van der Waals surface area contributed by atoms with Gasteiger partial charge in [-0.1, -0.05) is 20.3 Å². The third kappa shape index (κ3) is 2.88. The van der Waals surface area contributed by atoms with Crippen LogP contribution in [0.2, 0.25) is 0 Å². The van der Waals surface area contributed by atoms with Gasteiger partial charge < -0.3 is 10.0 Å². The Kier molecular flexibility index (Phi) is 3.78. The highest BCUT2D eigenvalue weighted by Gasteiger charge is 2.29. The quantitative estimate of drug-likeness (QED) is 0.908. The number of carbonyl (C=O) groups is 1. The molecule has 0 aliphatic carbocycles. The van der Waals surface area contributed by atoms with Crippen LogP contribution in [0, 0.1) is 11.2 Å². The van der Waals surface area contributed by atoms with E-state index in [4.69, 9.17) is 5.11 Å². The Morgan fingerprint density at radius 1 is 1.42 bits per heavy atom. The van der Waals surface area contributed by atoms with Gasteiger partial charge in [0.1, 0.15) is 5.82 Å². The lowest BCUT2D eigenvalue weighted by atomic mass is 9.78. The molecule has 2 rings (SSSR count). The minimum Gasteiger partial charge on any atom is -0.478 e. The normalized spacial score (nSPS) is 18.4. The number of aromatic carboxylic acids is 1. The fraction of sp³-hybridized carbons (Fsp3) is 0.533. The van der Waals surface area contributed by atoms with Crippen molar-refractivity contribution in [3.63, 3.8) is 0 Å². The predicted octanol–water partition coefficient (Wildman–Crippen LogP) is 3.54. The molecule has 1 aliphatic rings. The Balaban J connectivity index is 2.14. The van der Waals surface area contributed by atoms with E-state index in [0.29, 0.717) is 11.1 Å². The molecule has 104 valence electrons. The maximum atomic E-state index is 14.0. The number of hydrogen-bond acceptors (Lipinski definition) is 2. The number of benzene rings is 1. The number of halogens is 1. The Hall–Kier alpha value is -1.58. The minimum atomic E-state index is -1.09. The van der Waals surface area contributed by atoms with Crippen molar-refractivity contribution in [2.75, 3.05) is 18.0 Å². The second-order valence-corrected chi connectivity index (χ2v) is 5.62. The molecule has 0 atom stereocenters. The molecule has 1 fully saturated rings. The SMILES string of the molecule is CCC1(C)CCN(c2ccc(C(=O)O)cc2F)CC1. The van der Waals surface area contributed by atoms with E-state index in [1.54, 1.807) is 6.07 Å². The van der Waals surface area contributed by atoms with Gasteiger partial charge in [-0.2, -0.15) is 0 Å². The van der Waals surface area contributed by atoms with Crippen LogP contribution in [0.15, 0.2) is 18.2 Å². The second kappa shape index (κ2) is 5.19. The minimum absolute atomic E-state index is 0.00310. The van der Waals surface area contributed by atoms with Crippen molar-refractivity contribution in [2.24, 2.45) is 5.41 Å². The molecule has 19 heavy (non-hydrogen) atoms. The van der Waals surface area contributed by atoms with Crippen LogP contribution in [0.3, 0.4) is 0 Å². The number of carboxylic acids is 1. The van der Waals surface area contributed by atoms with E-state index in [1.807, 2.05) is 4.90 Å². The number of nitrogens with zero attached hydrogens (tertiary/aromatic N) is 1. The summed E-state index contributed by atoms with van der Waals surface area (Å²) in [5.74, 6) is -1.54. The summed E-state index contributed by atoms with van der Waals surface area (Å²) in [6.45, 7) is 6.12. The summed E-state index contributed by atoms with van der Waals surface area (Å²) < 4.78 is 14.0. The molecule has 1 saturated heterocycles. The van der Waals surface area contributed by atoms with E-state index in [9.17, 15) is 9.18 Å². The van der Waals surface area contributed by atoms with Gasteiger partial charge in [0.15, 0.2) is 0 Å². The molecule has 1 heterocycles. The maximum Gasteiger partial charge on any atom is 0.335 e. The zero-order valence-electron chi connectivity index (χ0n) is 11.4. The molecule has 4 heteroatoms. The molecule has 0 bridgehead atoms. The summed E-state index contributed by atoms with van der Waals surface area (Å²) in [5.41, 5.74) is 0.869. The molecule has 0 spiro atoms. The van der Waals surface area contributed by atoms with Crippen molar-refractivity contribution in [2.45, 2.75) is 33.1 Å². The van der Waals surface area contributed by atoms with Gasteiger partial charge >= 0.3 is 5.97 Å². The summed E-state index contributed by atoms with van der Waals surface area (Å²) in [7, 11) is 0. The second-order valence-electron chi connectivity index (χ2n) is 5.62. The molecule has 0 saturated carbocycles. The Labute approximate surface area is 113 Å². The van der Waals surface area contributed by atoms with E-state index in [2.05, 4.69) is 13.8 Å². The van der Waals surface area contributed by atoms with Crippen LogP contribution < -0.4 is 4.90 Å². The van der Waals surface area contributed by atoms with Crippen LogP contribution in [0.1, 0.15) is 43.5 Å². The van der Waals surface area contributed by atoms with E-state index >= 15 is 0 Å². The van der Waals surface area contributed by atoms with Crippen molar-refractivity contribution in [1.82, 2.24) is 0 Å². The van der Waals surface area contributed by atoms with Gasteiger partial charge in [0, 0.05) is 13.1 Å². The van der Waals surface area contributed by atoms with E-state index in [0.717, 1.165) is 38.4 Å². The number of piperidine rings is 1. The molecule has 0 unspecified atom stereocenters. The monoisotopic (exact) mass is 265 g/mol. The standard InChI is InChI=1S/C15H20FNO2/c1-3-15(2)6-8-17(9-7-15)13-5-4-11(14(18)19)10-12(13)16/h4-5,10H,3,6-9H2,1-2H3,(H,18,19). The average molecular weight is 265 g/mol. The number of anilines is 1. The maximum absolute atomic E-state index is 14.0. The predicted molar refractivity (Wildman–Crippen MR) is 73.2 cm³/mol. The first kappa shape index (κ1) is 13.8. The third-order valence-corrected chi connectivity index (χ3v) is 4.36. The Morgan fingerprint density at radius 3 is 2.53 bits per heavy atom. The van der Waals surface area contributed by atoms with Crippen LogP contribution in [0.25, 0.3) is 0 Å². The first-order chi connectivity index (χ1) is 8.95. The highest BCUT2D eigenvalue weighted by molar-refractivity contribution is 5.88. The van der Waals surface area contributed by atoms with Gasteiger partial charge in [0.2, 0.25) is 0 Å². The smallest absolute Gasteiger partial charge is 0.335 e. The molecular formula is C15H20FNO2. The number of rotatable bonds is 3. The topological polar surface area (TPSA) is 40.5 Å². The summed E-state index contributed by atoms with van der Waals surface area (Å²) in [5, 5.41) is 8.83. The highest BCUT2D eigenvalue weighted by Crippen LogP contribution is 2.36. The summed E-state index contributed by atoms with van der Waals surface area (Å²) >= 11 is 0. The number of hydrogen-bond donors (Lipinski definition) is 1. The average Bonchev–Trinajstić information content (AvgIpc) is 2.40. The van der Waals surface area contributed by atoms with Crippen LogP contribution >= 0.6 is 0 Å². The zero-order valence-corrected chi connectivity index (χ0v) is 11.4. The van der Waals surface area contributed by atoms with Crippen molar-refractivity contribution in [3.8, 4) is 0 Å². The first-order valence-electron chi connectivity index (χ1n) is 6.73. The van der Waals surface area contributed by atoms with Gasteiger partial charge in [-0.25, -0.2) is 9.18 Å². The molecule has 1 aromatic carbocycles. The van der Waals surface area contributed by atoms with Gasteiger partial charge in [-0.15, -0.1) is 0 Å². The largest absolute Gasteiger partial charge is 0.478 e. The van der Waals surface area contributed by atoms with Crippen molar-refractivity contribution < 1.29 is 14.3 Å². The Morgan fingerprint density at radius 2 is 2.05 bits per heavy atom. The van der Waals surface area contributed by atoms with Crippen LogP contribution in [-0.4, -0.2) is 24.2 Å². The molecule has 0 aromatic heterocycles. The molecule has 1 aromatic rings. The fourth-order valence-corrected chi connectivity index (χ4v) is 2.54. The highest BCUT2D eigenvalue weighted by atomic mass is 19.1. The van der Waals surface area contributed by atoms with Gasteiger partial charge in [0.25, 0.3) is 0 Å². The van der Waals surface area contributed by atoms with Crippen LogP contribution in [0.5, 0.6) is 0 Å². The molecule has 1 aliphatic heterocycles. The third-order valence-electron chi connectivity index (χ3n) is 4.36. The first-order valence-corrected chi connectivity index (χ1v) is 6.73. The van der Waals surface area contributed by atoms with E-state index in [1.165, 1.54) is 6.07 Å². The molecule has 0 amide bonds. The van der Waals surface area contributed by atoms with Gasteiger partial charge in [-0.3, -0.25) is 0 Å². The molecule has 0 radical (unpaired) electrons. The zero-order chi connectivity index (χ0) is 14.0. The molecule has 1 N–H and O–H groups in total. The van der Waals surface area contributed by atoms with E-state index in [-0.39, 0.29) is 5.56 Å². The summed E-state index contributed by atoms with van der Waals surface area (Å²) in [4.78, 5) is 12.8. The van der Waals surface area contributed by atoms with Gasteiger partial charge in [0.05, 0.1) is 11.3 Å². The molecule has 3 nitrogen and oxygen atoms in total. The van der Waals surface area contributed by atoms with Crippen molar-refractivity contribution in [1.29, 1.82) is 0 Å². The van der Waals surface area contributed by atoms with Crippen molar-refractivity contribution >= 4 is 11.7 Å². The summed E-state index contributed by atoms with van der Waals surface area (Å²) in [6.07, 6.45) is 3.23. The lowest BCUT2D eigenvalue weighted by Crippen LogP contribution is -2.38. The summed E-state index contributed by atoms with van der Waals surface area (Å²) in [6, 6.07) is 4.15. The van der Waals surface area contributed by atoms with Crippen molar-refractivity contribution in [3.05, 3.63) is 29.6 Å². The lowest BCUT2D eigenvalue weighted by molar-refractivity contribution is 0.0696. The van der Waals surface area contributed by atoms with E-state index < -0.39 is 11.8 Å². The number of carboxylic acid groups (broad SMARTS) is 1. The van der Waals surface area contributed by atoms with Gasteiger partial charge in [-0.05, 0) is 36.5 Å². The lowest BCUT2D eigenvalue weighted by Gasteiger charge is -2.40. The molecular weight excluding hydrogens is 245 g/mol.